The molecule has 0 bridgehead atoms. The number of fused-ring (bicyclic) bond motifs is 1. The van der Waals surface area contributed by atoms with Gasteiger partial charge < -0.3 is 5.11 Å². The first-order valence-electron chi connectivity index (χ1n) is 7.95. The maximum absolute atomic E-state index is 13.8. The zero-order valence-electron chi connectivity index (χ0n) is 13.3. The van der Waals surface area contributed by atoms with E-state index in [0.29, 0.717) is 12.2 Å². The number of benzene rings is 1. The van der Waals surface area contributed by atoms with E-state index in [1.54, 1.807) is 30.1 Å². The van der Waals surface area contributed by atoms with Gasteiger partial charge in [0.2, 0.25) is 0 Å². The van der Waals surface area contributed by atoms with E-state index < -0.39 is 6.10 Å². The Labute approximate surface area is 138 Å². The molecule has 3 heterocycles. The van der Waals surface area contributed by atoms with Crippen LogP contribution in [0.1, 0.15) is 30.3 Å². The number of aliphatic hydroxyl groups excluding tert-OH is 1. The maximum atomic E-state index is 13.8. The molecule has 1 unspecified atom stereocenters. The summed E-state index contributed by atoms with van der Waals surface area (Å²) in [4.78, 5) is 6.60. The third-order valence-electron chi connectivity index (χ3n) is 4.41. The summed E-state index contributed by atoms with van der Waals surface area (Å²) >= 11 is 0. The SMILES string of the molecule is CC(O)c1cn(C2CN(Cc3cc(F)cc4cccnc34)C2)nn1. The number of aromatic nitrogens is 4. The average molecular weight is 327 g/mol. The second-order valence-corrected chi connectivity index (χ2v) is 6.29. The number of hydrogen-bond donors (Lipinski definition) is 1. The quantitative estimate of drug-likeness (QED) is 0.795. The third-order valence-corrected chi connectivity index (χ3v) is 4.41. The minimum Gasteiger partial charge on any atom is -0.387 e. The van der Waals surface area contributed by atoms with Crippen LogP contribution in [-0.4, -0.2) is 43.1 Å². The van der Waals surface area contributed by atoms with Gasteiger partial charge in [-0.2, -0.15) is 0 Å². The molecular weight excluding hydrogens is 309 g/mol. The van der Waals surface area contributed by atoms with Crippen LogP contribution in [-0.2, 0) is 6.54 Å². The van der Waals surface area contributed by atoms with E-state index in [1.165, 1.54) is 6.07 Å². The Hall–Kier alpha value is -2.38. The number of nitrogens with zero attached hydrogens (tertiary/aromatic N) is 5. The van der Waals surface area contributed by atoms with Crippen molar-refractivity contribution in [3.05, 3.63) is 53.7 Å². The summed E-state index contributed by atoms with van der Waals surface area (Å²) in [6.45, 7) is 3.95. The highest BCUT2D eigenvalue weighted by Crippen LogP contribution is 2.26. The largest absolute Gasteiger partial charge is 0.387 e. The molecule has 4 rings (SSSR count). The first-order chi connectivity index (χ1) is 11.6. The van der Waals surface area contributed by atoms with Crippen molar-refractivity contribution < 1.29 is 9.50 Å². The molecule has 1 N–H and O–H groups in total. The fourth-order valence-corrected chi connectivity index (χ4v) is 3.09. The Balaban J connectivity index is 1.47. The fraction of sp³-hybridized carbons (Fsp3) is 0.353. The van der Waals surface area contributed by atoms with Crippen LogP contribution >= 0.6 is 0 Å². The van der Waals surface area contributed by atoms with Crippen LogP contribution in [0.4, 0.5) is 4.39 Å². The van der Waals surface area contributed by atoms with E-state index in [2.05, 4.69) is 20.2 Å². The predicted octanol–water partition coefficient (Wildman–Crippen LogP) is 2.08. The van der Waals surface area contributed by atoms with Crippen LogP contribution in [0, 0.1) is 5.82 Å². The molecular formula is C17H18FN5O. The Morgan fingerprint density at radius 3 is 2.96 bits per heavy atom. The summed E-state index contributed by atoms with van der Waals surface area (Å²) in [7, 11) is 0. The van der Waals surface area contributed by atoms with Crippen molar-refractivity contribution in [2.75, 3.05) is 13.1 Å². The van der Waals surface area contributed by atoms with E-state index in [9.17, 15) is 9.50 Å². The molecule has 2 aromatic heterocycles. The van der Waals surface area contributed by atoms with Gasteiger partial charge >= 0.3 is 0 Å². The number of aliphatic hydroxyl groups is 1. The van der Waals surface area contributed by atoms with Gasteiger partial charge in [0, 0.05) is 31.2 Å². The van der Waals surface area contributed by atoms with Crippen molar-refractivity contribution in [1.82, 2.24) is 24.9 Å². The van der Waals surface area contributed by atoms with Gasteiger partial charge in [-0.15, -0.1) is 5.10 Å². The lowest BCUT2D eigenvalue weighted by atomic mass is 10.0. The zero-order chi connectivity index (χ0) is 16.7. The van der Waals surface area contributed by atoms with Gasteiger partial charge in [0.15, 0.2) is 0 Å². The van der Waals surface area contributed by atoms with E-state index in [0.717, 1.165) is 29.6 Å². The van der Waals surface area contributed by atoms with Crippen molar-refractivity contribution in [1.29, 1.82) is 0 Å². The summed E-state index contributed by atoms with van der Waals surface area (Å²) < 4.78 is 15.6. The van der Waals surface area contributed by atoms with E-state index >= 15 is 0 Å². The third kappa shape index (κ3) is 2.76. The van der Waals surface area contributed by atoms with Gasteiger partial charge in [-0.25, -0.2) is 9.07 Å². The minimum atomic E-state index is -0.611. The molecule has 0 aliphatic carbocycles. The van der Waals surface area contributed by atoms with Crippen molar-refractivity contribution >= 4 is 10.9 Å². The first-order valence-corrected chi connectivity index (χ1v) is 7.95. The molecule has 1 aliphatic rings. The van der Waals surface area contributed by atoms with Gasteiger partial charge in [0.05, 0.1) is 23.9 Å². The number of pyridine rings is 1. The monoisotopic (exact) mass is 327 g/mol. The van der Waals surface area contributed by atoms with Crippen molar-refractivity contribution in [2.24, 2.45) is 0 Å². The molecule has 0 radical (unpaired) electrons. The topological polar surface area (TPSA) is 67.1 Å². The van der Waals surface area contributed by atoms with E-state index in [1.807, 2.05) is 12.1 Å². The van der Waals surface area contributed by atoms with Crippen LogP contribution in [0.5, 0.6) is 0 Å². The molecule has 0 spiro atoms. The fourth-order valence-electron chi connectivity index (χ4n) is 3.09. The average Bonchev–Trinajstić information content (AvgIpc) is 2.99. The smallest absolute Gasteiger partial charge is 0.124 e. The van der Waals surface area contributed by atoms with Gasteiger partial charge in [0.25, 0.3) is 0 Å². The second-order valence-electron chi connectivity index (χ2n) is 6.29. The number of halogens is 1. The standard InChI is InChI=1S/C17H18FN5O/c1-11(24)16-10-23(21-20-16)15-8-22(9-15)7-13-6-14(18)5-12-3-2-4-19-17(12)13/h2-6,10-11,15,24H,7-9H2,1H3. The Bertz CT molecular complexity index is 872. The van der Waals surface area contributed by atoms with Crippen LogP contribution in [0.2, 0.25) is 0 Å². The van der Waals surface area contributed by atoms with Gasteiger partial charge in [-0.05, 0) is 30.7 Å². The Kier molecular flexibility index (Phi) is 3.74. The lowest BCUT2D eigenvalue weighted by Crippen LogP contribution is -2.47. The number of rotatable bonds is 4. The summed E-state index contributed by atoms with van der Waals surface area (Å²) in [5.74, 6) is -0.236. The van der Waals surface area contributed by atoms with Gasteiger partial charge in [0.1, 0.15) is 11.5 Å². The molecule has 1 aromatic carbocycles. The van der Waals surface area contributed by atoms with Crippen LogP contribution < -0.4 is 0 Å². The van der Waals surface area contributed by atoms with Crippen molar-refractivity contribution in [3.8, 4) is 0 Å². The molecule has 7 heteroatoms. The van der Waals surface area contributed by atoms with Crippen LogP contribution in [0.25, 0.3) is 10.9 Å². The molecule has 0 amide bonds. The maximum Gasteiger partial charge on any atom is 0.124 e. The molecule has 3 aromatic rings. The minimum absolute atomic E-state index is 0.234. The molecule has 1 saturated heterocycles. The zero-order valence-corrected chi connectivity index (χ0v) is 13.3. The van der Waals surface area contributed by atoms with Gasteiger partial charge in [-0.1, -0.05) is 11.3 Å². The first kappa shape index (κ1) is 15.2. The molecule has 1 atom stereocenters. The van der Waals surface area contributed by atoms with Gasteiger partial charge in [-0.3, -0.25) is 9.88 Å². The summed E-state index contributed by atoms with van der Waals surface area (Å²) in [5.41, 5.74) is 2.32. The van der Waals surface area contributed by atoms with E-state index in [4.69, 9.17) is 0 Å². The summed E-state index contributed by atoms with van der Waals surface area (Å²) in [5, 5.41) is 18.4. The predicted molar refractivity (Wildman–Crippen MR) is 86.7 cm³/mol. The number of hydrogen-bond acceptors (Lipinski definition) is 5. The highest BCUT2D eigenvalue weighted by Gasteiger charge is 2.30. The molecule has 6 nitrogen and oxygen atoms in total. The van der Waals surface area contributed by atoms with E-state index in [-0.39, 0.29) is 11.9 Å². The normalized spacial score (nSPS) is 17.1. The van der Waals surface area contributed by atoms with Crippen molar-refractivity contribution in [2.45, 2.75) is 25.6 Å². The van der Waals surface area contributed by atoms with Crippen LogP contribution in [0.15, 0.2) is 36.7 Å². The molecule has 1 aliphatic heterocycles. The molecule has 1 fully saturated rings. The molecule has 124 valence electrons. The van der Waals surface area contributed by atoms with Crippen LogP contribution in [0.3, 0.4) is 0 Å². The number of likely N-dealkylation sites (tertiary alicyclic amines) is 1. The summed E-state index contributed by atoms with van der Waals surface area (Å²) in [6.07, 6.45) is 2.90. The summed E-state index contributed by atoms with van der Waals surface area (Å²) in [6, 6.07) is 7.00. The molecule has 0 saturated carbocycles. The lowest BCUT2D eigenvalue weighted by Gasteiger charge is -2.39. The second kappa shape index (κ2) is 5.92. The Morgan fingerprint density at radius 1 is 1.38 bits per heavy atom. The highest BCUT2D eigenvalue weighted by molar-refractivity contribution is 5.81. The van der Waals surface area contributed by atoms with Crippen molar-refractivity contribution in [3.63, 3.8) is 0 Å². The lowest BCUT2D eigenvalue weighted by molar-refractivity contribution is 0.0898. The molecule has 24 heavy (non-hydrogen) atoms. The Morgan fingerprint density at radius 2 is 2.21 bits per heavy atom. The highest BCUT2D eigenvalue weighted by atomic mass is 19.1.